The SMILES string of the molecule is CC[C@@]1(O)C[C@@H]2CN(CCc3c([nH]c4ccccc34)[C@](C(=O)OC)(c3cc4c(cc3OC)N(C)[C@@H]3[C@](O)(C(=O)NCCC[SH](C)(C)=O)[C@@H](O)[C@@]5(CC)C=CCN6CC[C@@]43[C@H]65)C2)C1. The summed E-state index contributed by atoms with van der Waals surface area (Å²) in [5.41, 5.74) is -1.50. The number of nitrogens with zero attached hydrogens (tertiary/aromatic N) is 3. The minimum Gasteiger partial charge on any atom is -0.496 e. The van der Waals surface area contributed by atoms with Crippen molar-refractivity contribution in [1.82, 2.24) is 20.1 Å². The van der Waals surface area contributed by atoms with Crippen molar-refractivity contribution in [2.45, 2.75) is 99.0 Å². The van der Waals surface area contributed by atoms with Gasteiger partial charge in [-0.3, -0.25) is 23.6 Å². The number of methoxy groups -OCH3 is 2. The van der Waals surface area contributed by atoms with Gasteiger partial charge in [0.2, 0.25) is 0 Å². The molecule has 6 heterocycles. The highest BCUT2D eigenvalue weighted by atomic mass is 32.2. The van der Waals surface area contributed by atoms with Gasteiger partial charge in [-0.1, -0.05) is 44.2 Å². The van der Waals surface area contributed by atoms with Gasteiger partial charge >= 0.3 is 5.97 Å². The molecule has 14 heteroatoms. The predicted octanol–water partition coefficient (Wildman–Crippen LogP) is 3.03. The monoisotopic (exact) mass is 873 g/mol. The molecule has 3 fully saturated rings. The quantitative estimate of drug-likeness (QED) is 0.0768. The highest BCUT2D eigenvalue weighted by Crippen LogP contribution is 2.67. The van der Waals surface area contributed by atoms with Gasteiger partial charge in [-0.15, -0.1) is 9.93 Å². The Bertz CT molecular complexity index is 2360. The van der Waals surface area contributed by atoms with E-state index in [0.29, 0.717) is 94.7 Å². The van der Waals surface area contributed by atoms with E-state index < -0.39 is 61.4 Å². The number of aliphatic hydroxyl groups excluding tert-OH is 1. The van der Waals surface area contributed by atoms with Gasteiger partial charge in [0.15, 0.2) is 5.60 Å². The zero-order valence-corrected chi connectivity index (χ0v) is 38.4. The van der Waals surface area contributed by atoms with E-state index in [0.717, 1.165) is 33.4 Å². The molecule has 1 unspecified atom stereocenters. The predicted molar refractivity (Wildman–Crippen MR) is 243 cm³/mol. The number of piperidine rings is 1. The number of aliphatic hydroxyl groups is 3. The molecule has 2 saturated heterocycles. The Kier molecular flexibility index (Phi) is 10.6. The Labute approximate surface area is 366 Å². The normalized spacial score (nSPS) is 36.4. The average molecular weight is 874 g/mol. The lowest BCUT2D eigenvalue weighted by atomic mass is 9.47. The zero-order chi connectivity index (χ0) is 44.2. The summed E-state index contributed by atoms with van der Waals surface area (Å²) in [6.07, 6.45) is 9.73. The maximum Gasteiger partial charge on any atom is 0.322 e. The average Bonchev–Trinajstić information content (AvgIpc) is 3.91. The maximum atomic E-state index is 15.4. The van der Waals surface area contributed by atoms with Gasteiger partial charge in [0.25, 0.3) is 5.91 Å². The third-order valence-electron chi connectivity index (χ3n) is 16.4. The maximum absolute atomic E-state index is 15.4. The number of amides is 1. The number of rotatable bonds is 10. The smallest absolute Gasteiger partial charge is 0.322 e. The van der Waals surface area contributed by atoms with Crippen LogP contribution in [-0.2, 0) is 41.5 Å². The summed E-state index contributed by atoms with van der Waals surface area (Å²) in [7, 11) is 2.60. The van der Waals surface area contributed by atoms with Gasteiger partial charge in [0.1, 0.15) is 17.3 Å². The number of thiol groups is 1. The minimum absolute atomic E-state index is 0.0946. The third kappa shape index (κ3) is 6.06. The molecule has 10 atom stereocenters. The first kappa shape index (κ1) is 43.5. The van der Waals surface area contributed by atoms with Crippen LogP contribution in [0.5, 0.6) is 5.75 Å². The largest absolute Gasteiger partial charge is 0.496 e. The lowest BCUT2D eigenvalue weighted by molar-refractivity contribution is -0.203. The number of hydrogen-bond donors (Lipinski definition) is 6. The Morgan fingerprint density at radius 2 is 1.81 bits per heavy atom. The molecule has 9 rings (SSSR count). The number of fused-ring (bicyclic) bond motifs is 6. The molecule has 62 heavy (non-hydrogen) atoms. The van der Waals surface area contributed by atoms with Gasteiger partial charge in [-0.05, 0) is 93.2 Å². The molecule has 2 bridgehead atoms. The topological polar surface area (TPSA) is 168 Å². The van der Waals surface area contributed by atoms with Crippen LogP contribution in [0, 0.1) is 11.3 Å². The number of carbonyl (C=O) groups excluding carboxylic acids is 2. The summed E-state index contributed by atoms with van der Waals surface area (Å²) in [6, 6.07) is 11.1. The molecule has 338 valence electrons. The van der Waals surface area contributed by atoms with E-state index >= 15 is 4.79 Å². The van der Waals surface area contributed by atoms with Gasteiger partial charge in [0, 0.05) is 96.3 Å². The van der Waals surface area contributed by atoms with E-state index in [1.165, 1.54) is 7.11 Å². The van der Waals surface area contributed by atoms with E-state index in [1.54, 1.807) is 19.6 Å². The Morgan fingerprint density at radius 3 is 2.52 bits per heavy atom. The Hall–Kier alpha value is -3.79. The Morgan fingerprint density at radius 1 is 1.03 bits per heavy atom. The van der Waals surface area contributed by atoms with E-state index in [2.05, 4.69) is 38.3 Å². The van der Waals surface area contributed by atoms with Crippen molar-refractivity contribution in [2.75, 3.05) is 83.7 Å². The molecule has 3 aromatic rings. The first-order valence-electron chi connectivity index (χ1n) is 22.7. The number of benzene rings is 2. The molecule has 1 aromatic heterocycles. The van der Waals surface area contributed by atoms with Gasteiger partial charge in [-0.2, -0.15) is 0 Å². The molecule has 5 N–H and O–H groups in total. The number of hydrogen-bond acceptors (Lipinski definition) is 11. The molecule has 1 aliphatic carbocycles. The number of esters is 1. The van der Waals surface area contributed by atoms with Crippen molar-refractivity contribution in [2.24, 2.45) is 11.3 Å². The molecular formula is C48H67N5O8S. The fourth-order valence-corrected chi connectivity index (χ4v) is 14.8. The van der Waals surface area contributed by atoms with Crippen LogP contribution in [0.4, 0.5) is 5.69 Å². The third-order valence-corrected chi connectivity index (χ3v) is 17.8. The number of ether oxygens (including phenoxy) is 2. The van der Waals surface area contributed by atoms with Crippen LogP contribution in [-0.4, -0.2) is 154 Å². The fraction of sp³-hybridized carbons (Fsp3) is 0.625. The summed E-state index contributed by atoms with van der Waals surface area (Å²) in [5.74, 6) is -0.260. The molecule has 5 aliphatic heterocycles. The molecule has 2 aromatic carbocycles. The van der Waals surface area contributed by atoms with Crippen LogP contribution in [0.25, 0.3) is 10.9 Å². The van der Waals surface area contributed by atoms with E-state index in [-0.39, 0.29) is 18.5 Å². The summed E-state index contributed by atoms with van der Waals surface area (Å²) in [5, 5.41) is 42.2. The van der Waals surface area contributed by atoms with E-state index in [1.807, 2.05) is 56.1 Å². The van der Waals surface area contributed by atoms with Crippen molar-refractivity contribution in [3.8, 4) is 5.75 Å². The number of nitrogens with one attached hydrogen (secondary N) is 2. The molecular weight excluding hydrogens is 807 g/mol. The molecule has 6 aliphatic rings. The van der Waals surface area contributed by atoms with Gasteiger partial charge in [0.05, 0.1) is 25.9 Å². The molecule has 13 nitrogen and oxygen atoms in total. The van der Waals surface area contributed by atoms with Crippen molar-refractivity contribution in [3.05, 3.63) is 70.9 Å². The second-order valence-electron chi connectivity index (χ2n) is 20.0. The van der Waals surface area contributed by atoms with Crippen LogP contribution in [0.2, 0.25) is 0 Å². The number of anilines is 1. The summed E-state index contributed by atoms with van der Waals surface area (Å²) >= 11 is 0. The number of para-hydroxylation sites is 1. The van der Waals surface area contributed by atoms with Gasteiger partial charge < -0.3 is 40.0 Å². The lowest BCUT2D eigenvalue weighted by Crippen LogP contribution is -2.81. The van der Waals surface area contributed by atoms with Crippen LogP contribution < -0.4 is 15.0 Å². The van der Waals surface area contributed by atoms with Crippen LogP contribution in [0.1, 0.15) is 74.8 Å². The summed E-state index contributed by atoms with van der Waals surface area (Å²) in [4.78, 5) is 40.7. The fourth-order valence-electron chi connectivity index (χ4n) is 13.8. The standard InChI is InChI=1S/C48H67N5O8S/c1-8-44(57)26-30-27-47(43(56)61-5,38-32(16-21-52(28-30)29-44)31-14-10-11-15-35(31)50-38)34-24-33-36(25-37(34)60-4)51(3)40-46(33)18-22-53-20-12-17-45(9-2,39(46)53)41(54)48(40,58)42(55)49-19-13-23-62(6,7)59/h10-12,14-15,17,24-25,30,39-41,50,54,57-58,62H,8-9,13,16,18-23,26-29H2,1-7H3,(H,49,55)/t30-,39+,40-,41-,44+,45-,46-,47+,48+/m0/s1. The molecule has 1 saturated carbocycles. The Balaban J connectivity index is 1.30. The first-order valence-corrected chi connectivity index (χ1v) is 25.5. The number of carbonyl (C=O) groups is 2. The number of aromatic nitrogens is 1. The molecule has 1 amide bonds. The molecule has 0 radical (unpaired) electrons. The van der Waals surface area contributed by atoms with E-state index in [4.69, 9.17) is 9.47 Å². The van der Waals surface area contributed by atoms with Crippen molar-refractivity contribution in [1.29, 1.82) is 0 Å². The second kappa shape index (κ2) is 15.2. The summed E-state index contributed by atoms with van der Waals surface area (Å²) in [6.45, 7) is 7.58. The highest BCUT2D eigenvalue weighted by molar-refractivity contribution is 8.01. The van der Waals surface area contributed by atoms with Crippen LogP contribution in [0.15, 0.2) is 48.6 Å². The van der Waals surface area contributed by atoms with Crippen LogP contribution >= 0.6 is 0 Å². The number of aromatic amines is 1. The van der Waals surface area contributed by atoms with Crippen molar-refractivity contribution >= 4 is 38.4 Å². The van der Waals surface area contributed by atoms with Crippen LogP contribution in [0.3, 0.4) is 0 Å². The lowest BCUT2D eigenvalue weighted by Gasteiger charge is -2.63. The number of H-pyrrole nitrogens is 1. The number of likely N-dealkylation sites (N-methyl/N-ethyl adjacent to an activating group) is 1. The highest BCUT2D eigenvalue weighted by Gasteiger charge is 2.78. The zero-order valence-electron chi connectivity index (χ0n) is 37.5. The second-order valence-corrected chi connectivity index (χ2v) is 23.6. The van der Waals surface area contributed by atoms with Gasteiger partial charge in [-0.25, -0.2) is 0 Å². The first-order chi connectivity index (χ1) is 29.5. The molecule has 1 spiro atoms. The minimum atomic E-state index is -2.34. The summed E-state index contributed by atoms with van der Waals surface area (Å²) < 4.78 is 24.9. The van der Waals surface area contributed by atoms with E-state index in [9.17, 15) is 24.3 Å². The van der Waals surface area contributed by atoms with Crippen molar-refractivity contribution < 1.29 is 38.6 Å². The van der Waals surface area contributed by atoms with Crippen molar-refractivity contribution in [3.63, 3.8) is 0 Å².